The Hall–Kier alpha value is -1.50. The summed E-state index contributed by atoms with van der Waals surface area (Å²) in [5.41, 5.74) is 0.531. The molecule has 116 valence electrons. The highest BCUT2D eigenvalue weighted by atomic mass is 32.1. The van der Waals surface area contributed by atoms with Gasteiger partial charge in [0.1, 0.15) is 4.64 Å². The smallest absolute Gasteiger partial charge is 0.254 e. The Bertz CT molecular complexity index is 675. The van der Waals surface area contributed by atoms with Crippen LogP contribution in [-0.4, -0.2) is 35.4 Å². The molecule has 0 unspecified atom stereocenters. The zero-order valence-corrected chi connectivity index (χ0v) is 13.9. The van der Waals surface area contributed by atoms with Crippen LogP contribution in [0.25, 0.3) is 0 Å². The summed E-state index contributed by atoms with van der Waals surface area (Å²) < 4.78 is 0.480. The van der Waals surface area contributed by atoms with Gasteiger partial charge >= 0.3 is 0 Å². The molecule has 2 aromatic rings. The molecule has 0 aromatic carbocycles. The van der Waals surface area contributed by atoms with Crippen molar-refractivity contribution in [2.24, 2.45) is 0 Å². The fourth-order valence-corrected chi connectivity index (χ4v) is 3.92. The maximum Gasteiger partial charge on any atom is 0.254 e. The number of hydrogen-bond acceptors (Lipinski definition) is 4. The number of rotatable bonds is 5. The number of carbonyl (C=O) groups is 1. The number of nitrogens with zero attached hydrogens (tertiary/aromatic N) is 1. The Labute approximate surface area is 139 Å². The lowest BCUT2D eigenvalue weighted by Gasteiger charge is -2.26. The number of likely N-dealkylation sites (tertiary alicyclic amines) is 1. The molecule has 0 bridgehead atoms. The maximum absolute atomic E-state index is 12.3. The summed E-state index contributed by atoms with van der Waals surface area (Å²) in [6.45, 7) is 2.82. The standard InChI is InChI=1S/C16H19N3OS2/c20-15(12-5-3-7-17-16(12)21)18-11-13(14-6-4-10-22-14)19-8-1-2-9-19/h3-7,10,13H,1-2,8-9,11H2,(H,17,21)(H,18,20)/t13-/m0/s1. The Morgan fingerprint density at radius 2 is 2.18 bits per heavy atom. The molecule has 0 aliphatic carbocycles. The summed E-state index contributed by atoms with van der Waals surface area (Å²) in [5.74, 6) is -0.109. The maximum atomic E-state index is 12.3. The fourth-order valence-electron chi connectivity index (χ4n) is 2.83. The zero-order chi connectivity index (χ0) is 15.4. The molecule has 2 N–H and O–H groups in total. The Morgan fingerprint density at radius 3 is 2.86 bits per heavy atom. The van der Waals surface area contributed by atoms with Gasteiger partial charge < -0.3 is 10.3 Å². The van der Waals surface area contributed by atoms with E-state index in [0.717, 1.165) is 13.1 Å². The summed E-state index contributed by atoms with van der Waals surface area (Å²) in [7, 11) is 0. The van der Waals surface area contributed by atoms with Gasteiger partial charge in [-0.05, 0) is 49.5 Å². The fraction of sp³-hybridized carbons (Fsp3) is 0.375. The van der Waals surface area contributed by atoms with E-state index in [1.165, 1.54) is 17.7 Å². The Kier molecular flexibility index (Phi) is 5.02. The van der Waals surface area contributed by atoms with Gasteiger partial charge in [0, 0.05) is 17.6 Å². The summed E-state index contributed by atoms with van der Waals surface area (Å²) >= 11 is 6.92. The summed E-state index contributed by atoms with van der Waals surface area (Å²) in [6, 6.07) is 8.02. The highest BCUT2D eigenvalue weighted by Gasteiger charge is 2.24. The lowest BCUT2D eigenvalue weighted by molar-refractivity contribution is 0.0937. The lowest BCUT2D eigenvalue weighted by atomic mass is 10.2. The molecule has 6 heteroatoms. The molecule has 1 fully saturated rings. The second-order valence-corrected chi connectivity index (χ2v) is 6.78. The molecule has 0 saturated carbocycles. The highest BCUT2D eigenvalue weighted by molar-refractivity contribution is 7.71. The second kappa shape index (κ2) is 7.17. The van der Waals surface area contributed by atoms with E-state index in [2.05, 4.69) is 32.7 Å². The van der Waals surface area contributed by atoms with Crippen molar-refractivity contribution in [3.8, 4) is 0 Å². The van der Waals surface area contributed by atoms with Crippen LogP contribution >= 0.6 is 23.6 Å². The van der Waals surface area contributed by atoms with Crippen molar-refractivity contribution in [1.82, 2.24) is 15.2 Å². The summed E-state index contributed by atoms with van der Waals surface area (Å²) in [4.78, 5) is 19.0. The first kappa shape index (κ1) is 15.4. The van der Waals surface area contributed by atoms with Crippen LogP contribution in [0.2, 0.25) is 0 Å². The van der Waals surface area contributed by atoms with Gasteiger partial charge in [0.05, 0.1) is 11.6 Å². The molecule has 1 aliphatic heterocycles. The third kappa shape index (κ3) is 3.45. The van der Waals surface area contributed by atoms with Crippen LogP contribution in [0.4, 0.5) is 0 Å². The van der Waals surface area contributed by atoms with Crippen LogP contribution in [0.3, 0.4) is 0 Å². The number of hydrogen-bond donors (Lipinski definition) is 2. The van der Waals surface area contributed by atoms with E-state index in [-0.39, 0.29) is 11.9 Å². The minimum atomic E-state index is -0.109. The quantitative estimate of drug-likeness (QED) is 0.825. The van der Waals surface area contributed by atoms with Crippen LogP contribution < -0.4 is 5.32 Å². The minimum absolute atomic E-state index is 0.109. The number of aromatic amines is 1. The molecule has 1 saturated heterocycles. The Morgan fingerprint density at radius 1 is 1.36 bits per heavy atom. The molecule has 0 radical (unpaired) electrons. The number of nitrogens with one attached hydrogen (secondary N) is 2. The van der Waals surface area contributed by atoms with Gasteiger partial charge in [0.15, 0.2) is 0 Å². The first-order valence-corrected chi connectivity index (χ1v) is 8.78. The van der Waals surface area contributed by atoms with E-state index in [4.69, 9.17) is 12.2 Å². The number of thiophene rings is 1. The molecular weight excluding hydrogens is 314 g/mol. The topological polar surface area (TPSA) is 48.1 Å². The van der Waals surface area contributed by atoms with Crippen molar-refractivity contribution >= 4 is 29.5 Å². The van der Waals surface area contributed by atoms with E-state index in [0.29, 0.717) is 16.7 Å². The average molecular weight is 333 g/mol. The number of carbonyl (C=O) groups excluding carboxylic acids is 1. The monoisotopic (exact) mass is 333 g/mol. The summed E-state index contributed by atoms with van der Waals surface area (Å²) in [5, 5.41) is 5.14. The van der Waals surface area contributed by atoms with Gasteiger partial charge in [-0.2, -0.15) is 0 Å². The molecule has 0 spiro atoms. The van der Waals surface area contributed by atoms with Gasteiger partial charge in [-0.1, -0.05) is 18.3 Å². The highest BCUT2D eigenvalue weighted by Crippen LogP contribution is 2.27. The van der Waals surface area contributed by atoms with Gasteiger partial charge in [-0.3, -0.25) is 9.69 Å². The number of H-pyrrole nitrogens is 1. The molecule has 3 heterocycles. The first-order chi connectivity index (χ1) is 10.8. The molecule has 1 amide bonds. The third-order valence-corrected chi connectivity index (χ3v) is 5.28. The predicted molar refractivity (Wildman–Crippen MR) is 91.8 cm³/mol. The minimum Gasteiger partial charge on any atom is -0.352 e. The zero-order valence-electron chi connectivity index (χ0n) is 12.2. The number of amides is 1. The van der Waals surface area contributed by atoms with Crippen molar-refractivity contribution in [3.05, 3.63) is 50.9 Å². The van der Waals surface area contributed by atoms with E-state index in [1.54, 1.807) is 29.7 Å². The normalized spacial score (nSPS) is 16.5. The molecule has 1 atom stereocenters. The van der Waals surface area contributed by atoms with Crippen molar-refractivity contribution in [1.29, 1.82) is 0 Å². The van der Waals surface area contributed by atoms with E-state index in [9.17, 15) is 4.79 Å². The average Bonchev–Trinajstić information content (AvgIpc) is 3.21. The van der Waals surface area contributed by atoms with Gasteiger partial charge in [-0.15, -0.1) is 11.3 Å². The number of pyridine rings is 1. The van der Waals surface area contributed by atoms with Gasteiger partial charge in [-0.25, -0.2) is 0 Å². The van der Waals surface area contributed by atoms with Crippen LogP contribution in [0.5, 0.6) is 0 Å². The Balaban J connectivity index is 1.70. The molecule has 4 nitrogen and oxygen atoms in total. The van der Waals surface area contributed by atoms with Crippen LogP contribution in [0.15, 0.2) is 35.8 Å². The van der Waals surface area contributed by atoms with Crippen molar-refractivity contribution in [2.75, 3.05) is 19.6 Å². The van der Waals surface area contributed by atoms with Crippen LogP contribution in [0.1, 0.15) is 34.1 Å². The molecule has 22 heavy (non-hydrogen) atoms. The second-order valence-electron chi connectivity index (χ2n) is 5.40. The lowest BCUT2D eigenvalue weighted by Crippen LogP contribution is -2.36. The van der Waals surface area contributed by atoms with E-state index in [1.807, 2.05) is 0 Å². The van der Waals surface area contributed by atoms with Crippen LogP contribution in [0, 0.1) is 4.64 Å². The molecular formula is C16H19N3OS2. The first-order valence-electron chi connectivity index (χ1n) is 7.49. The number of aromatic nitrogens is 1. The van der Waals surface area contributed by atoms with E-state index < -0.39 is 0 Å². The molecule has 1 aliphatic rings. The van der Waals surface area contributed by atoms with Gasteiger partial charge in [0.2, 0.25) is 0 Å². The van der Waals surface area contributed by atoms with E-state index >= 15 is 0 Å². The van der Waals surface area contributed by atoms with Crippen molar-refractivity contribution < 1.29 is 4.79 Å². The van der Waals surface area contributed by atoms with Gasteiger partial charge in [0.25, 0.3) is 5.91 Å². The largest absolute Gasteiger partial charge is 0.352 e. The molecule has 2 aromatic heterocycles. The summed E-state index contributed by atoms with van der Waals surface area (Å²) in [6.07, 6.45) is 4.21. The van der Waals surface area contributed by atoms with Crippen molar-refractivity contribution in [3.63, 3.8) is 0 Å². The third-order valence-electron chi connectivity index (χ3n) is 3.97. The SMILES string of the molecule is O=C(NC[C@@H](c1cccs1)N1CCCC1)c1ccc[nH]c1=S. The predicted octanol–water partition coefficient (Wildman–Crippen LogP) is 3.37. The van der Waals surface area contributed by atoms with Crippen molar-refractivity contribution in [2.45, 2.75) is 18.9 Å². The molecule has 3 rings (SSSR count). The van der Waals surface area contributed by atoms with Crippen LogP contribution in [-0.2, 0) is 0 Å².